The van der Waals surface area contributed by atoms with E-state index in [2.05, 4.69) is 6.58 Å². The fraction of sp³-hybridized carbons (Fsp3) is 0.867. The lowest BCUT2D eigenvalue weighted by Crippen LogP contribution is -2.53. The molecule has 0 radical (unpaired) electrons. The number of hydrogen-bond donors (Lipinski definition) is 3. The van der Waals surface area contributed by atoms with Crippen molar-refractivity contribution >= 4 is 0 Å². The molecule has 2 aliphatic rings. The van der Waals surface area contributed by atoms with Crippen molar-refractivity contribution in [2.75, 3.05) is 0 Å². The van der Waals surface area contributed by atoms with Gasteiger partial charge in [0.25, 0.3) is 0 Å². The van der Waals surface area contributed by atoms with Crippen molar-refractivity contribution in [1.82, 2.24) is 0 Å². The summed E-state index contributed by atoms with van der Waals surface area (Å²) in [7, 11) is 0. The molecule has 6 atom stereocenters. The summed E-state index contributed by atoms with van der Waals surface area (Å²) < 4.78 is 5.83. The maximum atomic E-state index is 10.2. The zero-order valence-corrected chi connectivity index (χ0v) is 12.0. The molecule has 1 aliphatic heterocycles. The molecule has 1 saturated heterocycles. The molecule has 1 heterocycles. The van der Waals surface area contributed by atoms with Crippen LogP contribution < -0.4 is 0 Å². The number of ether oxygens (including phenoxy) is 1. The second-order valence-electron chi connectivity index (χ2n) is 6.74. The largest absolute Gasteiger partial charge is 0.390 e. The van der Waals surface area contributed by atoms with Crippen molar-refractivity contribution in [3.8, 4) is 0 Å². The van der Waals surface area contributed by atoms with E-state index in [0.29, 0.717) is 18.8 Å². The average molecular weight is 270 g/mol. The lowest BCUT2D eigenvalue weighted by atomic mass is 9.73. The molecular weight excluding hydrogens is 244 g/mol. The fourth-order valence-electron chi connectivity index (χ4n) is 3.31. The minimum Gasteiger partial charge on any atom is -0.390 e. The van der Waals surface area contributed by atoms with Crippen molar-refractivity contribution in [3.63, 3.8) is 0 Å². The summed E-state index contributed by atoms with van der Waals surface area (Å²) >= 11 is 0. The van der Waals surface area contributed by atoms with E-state index < -0.39 is 30.0 Å². The van der Waals surface area contributed by atoms with E-state index in [1.54, 1.807) is 6.92 Å². The van der Waals surface area contributed by atoms with Crippen LogP contribution in [0.3, 0.4) is 0 Å². The Bertz CT molecular complexity index is 350. The molecule has 2 fully saturated rings. The molecule has 0 aromatic rings. The third-order valence-electron chi connectivity index (χ3n) is 4.51. The zero-order valence-electron chi connectivity index (χ0n) is 12.0. The Kier molecular flexibility index (Phi) is 4.07. The standard InChI is InChI=1S/C15H26O4/c1-8(2)7-11(16)12-9(3)10-5-6-15(4,18)14(17)13(10)19-12/h8,10-14,16-18H,3,5-7H2,1-2,4H3/t10-,11-,12+,13+,14-,15+/m1/s1. The molecule has 110 valence electrons. The Labute approximate surface area is 115 Å². The summed E-state index contributed by atoms with van der Waals surface area (Å²) in [6, 6.07) is 0. The Hall–Kier alpha value is -0.420. The van der Waals surface area contributed by atoms with Gasteiger partial charge >= 0.3 is 0 Å². The molecule has 0 amide bonds. The van der Waals surface area contributed by atoms with E-state index >= 15 is 0 Å². The van der Waals surface area contributed by atoms with Gasteiger partial charge in [0.05, 0.1) is 17.8 Å². The van der Waals surface area contributed by atoms with Crippen LogP contribution in [0.25, 0.3) is 0 Å². The first-order chi connectivity index (χ1) is 8.74. The minimum absolute atomic E-state index is 0.0436. The van der Waals surface area contributed by atoms with Crippen LogP contribution in [0.5, 0.6) is 0 Å². The predicted octanol–water partition coefficient (Wildman–Crippen LogP) is 1.24. The van der Waals surface area contributed by atoms with Gasteiger partial charge in [-0.3, -0.25) is 0 Å². The minimum atomic E-state index is -1.11. The first kappa shape index (κ1) is 15.0. The Balaban J connectivity index is 2.11. The number of rotatable bonds is 3. The van der Waals surface area contributed by atoms with Crippen LogP contribution in [0.2, 0.25) is 0 Å². The SMILES string of the molecule is C=C1[C@H]2CC[C@](C)(O)[C@H](O)[C@H]2O[C@@H]1[C@H](O)CC(C)C. The van der Waals surface area contributed by atoms with Crippen molar-refractivity contribution in [3.05, 3.63) is 12.2 Å². The predicted molar refractivity (Wildman–Crippen MR) is 72.6 cm³/mol. The first-order valence-electron chi connectivity index (χ1n) is 7.16. The van der Waals surface area contributed by atoms with Gasteiger partial charge in [0, 0.05) is 5.92 Å². The molecule has 19 heavy (non-hydrogen) atoms. The van der Waals surface area contributed by atoms with Crippen molar-refractivity contribution in [2.24, 2.45) is 11.8 Å². The Morgan fingerprint density at radius 1 is 1.47 bits per heavy atom. The van der Waals surface area contributed by atoms with E-state index in [-0.39, 0.29) is 5.92 Å². The first-order valence-corrected chi connectivity index (χ1v) is 7.16. The molecular formula is C15H26O4. The highest BCUT2D eigenvalue weighted by Crippen LogP contribution is 2.45. The zero-order chi connectivity index (χ0) is 14.4. The summed E-state index contributed by atoms with van der Waals surface area (Å²) in [5, 5.41) is 30.6. The van der Waals surface area contributed by atoms with Crippen LogP contribution in [-0.2, 0) is 4.74 Å². The van der Waals surface area contributed by atoms with Gasteiger partial charge in [-0.15, -0.1) is 0 Å². The number of aliphatic hydroxyl groups is 3. The average Bonchev–Trinajstić information content (AvgIpc) is 2.61. The smallest absolute Gasteiger partial charge is 0.109 e. The quantitative estimate of drug-likeness (QED) is 0.675. The van der Waals surface area contributed by atoms with Gasteiger partial charge in [-0.1, -0.05) is 20.4 Å². The lowest BCUT2D eigenvalue weighted by molar-refractivity contribution is -0.169. The summed E-state index contributed by atoms with van der Waals surface area (Å²) in [5.41, 5.74) is -0.244. The molecule has 0 aromatic carbocycles. The monoisotopic (exact) mass is 270 g/mol. The number of aliphatic hydroxyl groups excluding tert-OH is 2. The van der Waals surface area contributed by atoms with Crippen LogP contribution in [-0.4, -0.2) is 45.3 Å². The van der Waals surface area contributed by atoms with Gasteiger partial charge < -0.3 is 20.1 Å². The molecule has 3 N–H and O–H groups in total. The molecule has 4 heteroatoms. The molecule has 0 unspecified atom stereocenters. The second-order valence-corrected chi connectivity index (χ2v) is 6.74. The van der Waals surface area contributed by atoms with Gasteiger partial charge in [0.15, 0.2) is 0 Å². The fourth-order valence-corrected chi connectivity index (χ4v) is 3.31. The third kappa shape index (κ3) is 2.72. The highest BCUT2D eigenvalue weighted by atomic mass is 16.5. The summed E-state index contributed by atoms with van der Waals surface area (Å²) in [5.74, 6) is 0.420. The van der Waals surface area contributed by atoms with E-state index in [0.717, 1.165) is 12.0 Å². The van der Waals surface area contributed by atoms with Crippen LogP contribution in [0, 0.1) is 11.8 Å². The van der Waals surface area contributed by atoms with E-state index in [4.69, 9.17) is 4.74 Å². The van der Waals surface area contributed by atoms with Gasteiger partial charge in [0.2, 0.25) is 0 Å². The van der Waals surface area contributed by atoms with E-state index in [1.807, 2.05) is 13.8 Å². The second kappa shape index (κ2) is 5.17. The molecule has 0 bridgehead atoms. The van der Waals surface area contributed by atoms with Crippen molar-refractivity contribution in [1.29, 1.82) is 0 Å². The van der Waals surface area contributed by atoms with E-state index in [1.165, 1.54) is 0 Å². The molecule has 2 rings (SSSR count). The van der Waals surface area contributed by atoms with Crippen LogP contribution >= 0.6 is 0 Å². The Morgan fingerprint density at radius 3 is 2.68 bits per heavy atom. The molecule has 1 saturated carbocycles. The topological polar surface area (TPSA) is 69.9 Å². The van der Waals surface area contributed by atoms with Crippen LogP contribution in [0.4, 0.5) is 0 Å². The Morgan fingerprint density at radius 2 is 2.11 bits per heavy atom. The molecule has 1 aliphatic carbocycles. The molecule has 0 spiro atoms. The van der Waals surface area contributed by atoms with Crippen LogP contribution in [0.15, 0.2) is 12.2 Å². The lowest BCUT2D eigenvalue weighted by Gasteiger charge is -2.40. The van der Waals surface area contributed by atoms with Gasteiger partial charge in [-0.05, 0) is 37.7 Å². The summed E-state index contributed by atoms with van der Waals surface area (Å²) in [6.45, 7) is 9.79. The number of hydrogen-bond acceptors (Lipinski definition) is 4. The maximum absolute atomic E-state index is 10.2. The third-order valence-corrected chi connectivity index (χ3v) is 4.51. The molecule has 0 aromatic heterocycles. The van der Waals surface area contributed by atoms with Crippen molar-refractivity contribution in [2.45, 2.75) is 70.1 Å². The van der Waals surface area contributed by atoms with Crippen LogP contribution in [0.1, 0.15) is 40.0 Å². The highest BCUT2D eigenvalue weighted by molar-refractivity contribution is 5.21. The van der Waals surface area contributed by atoms with Gasteiger partial charge in [-0.2, -0.15) is 0 Å². The van der Waals surface area contributed by atoms with E-state index in [9.17, 15) is 15.3 Å². The van der Waals surface area contributed by atoms with Gasteiger partial charge in [-0.25, -0.2) is 0 Å². The maximum Gasteiger partial charge on any atom is 0.109 e. The van der Waals surface area contributed by atoms with Crippen molar-refractivity contribution < 1.29 is 20.1 Å². The summed E-state index contributed by atoms with van der Waals surface area (Å²) in [6.07, 6.45) is -0.433. The molecule has 4 nitrogen and oxygen atoms in total. The normalized spacial score (nSPS) is 44.5. The summed E-state index contributed by atoms with van der Waals surface area (Å²) in [4.78, 5) is 0. The van der Waals surface area contributed by atoms with Gasteiger partial charge in [0.1, 0.15) is 12.2 Å². The number of fused-ring (bicyclic) bond motifs is 1. The highest BCUT2D eigenvalue weighted by Gasteiger charge is 2.52.